The van der Waals surface area contributed by atoms with Gasteiger partial charge in [0.15, 0.2) is 0 Å². The summed E-state index contributed by atoms with van der Waals surface area (Å²) in [4.78, 5) is 10.6. The summed E-state index contributed by atoms with van der Waals surface area (Å²) in [6.07, 6.45) is 2.45. The summed E-state index contributed by atoms with van der Waals surface area (Å²) in [6, 6.07) is -0.560. The van der Waals surface area contributed by atoms with Gasteiger partial charge in [-0.2, -0.15) is 0 Å². The maximum atomic E-state index is 10.6. The topological polar surface area (TPSA) is 75.4 Å². The first-order valence-corrected chi connectivity index (χ1v) is 3.87. The Hall–Kier alpha value is -0.610. The number of nitrogens with one attached hydrogen (secondary N) is 1. The van der Waals surface area contributed by atoms with E-state index in [2.05, 4.69) is 5.32 Å². The fourth-order valence-corrected chi connectivity index (χ4v) is 0.886. The Labute approximate surface area is 65.8 Å². The second kappa shape index (κ2) is 3.69. The summed E-state index contributed by atoms with van der Waals surface area (Å²) in [6.45, 7) is 0.593. The van der Waals surface area contributed by atoms with Gasteiger partial charge in [0.2, 0.25) is 5.91 Å². The van der Waals surface area contributed by atoms with Gasteiger partial charge in [0, 0.05) is 0 Å². The molecule has 1 atom stereocenters. The van der Waals surface area contributed by atoms with Crippen molar-refractivity contribution in [1.82, 2.24) is 5.32 Å². The van der Waals surface area contributed by atoms with Gasteiger partial charge in [0.1, 0.15) is 6.04 Å². The van der Waals surface area contributed by atoms with Gasteiger partial charge in [-0.15, -0.1) is 0 Å². The van der Waals surface area contributed by atoms with Crippen LogP contribution in [0.5, 0.6) is 0 Å². The Morgan fingerprint density at radius 1 is 1.73 bits per heavy atom. The van der Waals surface area contributed by atoms with Crippen LogP contribution >= 0.6 is 0 Å². The van der Waals surface area contributed by atoms with Crippen molar-refractivity contribution in [3.05, 3.63) is 0 Å². The van der Waals surface area contributed by atoms with E-state index in [0.717, 1.165) is 6.54 Å². The number of carbonyl (C=O) groups excluding carboxylic acids is 1. The van der Waals surface area contributed by atoms with E-state index in [0.29, 0.717) is 5.92 Å². The third-order valence-electron chi connectivity index (χ3n) is 1.88. The Balaban J connectivity index is 2.13. The van der Waals surface area contributed by atoms with E-state index in [1.165, 1.54) is 12.8 Å². The van der Waals surface area contributed by atoms with Crippen LogP contribution in [0.25, 0.3) is 0 Å². The van der Waals surface area contributed by atoms with E-state index in [1.54, 1.807) is 0 Å². The van der Waals surface area contributed by atoms with Gasteiger partial charge in [0.25, 0.3) is 0 Å². The second-order valence-corrected chi connectivity index (χ2v) is 2.99. The Morgan fingerprint density at radius 2 is 2.36 bits per heavy atom. The van der Waals surface area contributed by atoms with Crippen molar-refractivity contribution in [3.8, 4) is 0 Å². The second-order valence-electron chi connectivity index (χ2n) is 2.99. The summed E-state index contributed by atoms with van der Waals surface area (Å²) >= 11 is 0. The molecular weight excluding hydrogens is 144 g/mol. The summed E-state index contributed by atoms with van der Waals surface area (Å²) < 4.78 is 0. The van der Waals surface area contributed by atoms with Crippen LogP contribution in [0.1, 0.15) is 12.8 Å². The molecule has 11 heavy (non-hydrogen) atoms. The van der Waals surface area contributed by atoms with Crippen molar-refractivity contribution in [3.63, 3.8) is 0 Å². The molecule has 0 radical (unpaired) electrons. The van der Waals surface area contributed by atoms with Gasteiger partial charge >= 0.3 is 0 Å². The molecule has 1 aliphatic carbocycles. The first-order chi connectivity index (χ1) is 5.24. The van der Waals surface area contributed by atoms with Gasteiger partial charge in [0.05, 0.1) is 6.61 Å². The number of aliphatic hydroxyl groups excluding tert-OH is 1. The molecule has 4 N–H and O–H groups in total. The summed E-state index contributed by atoms with van der Waals surface area (Å²) in [5.41, 5.74) is 4.99. The molecule has 1 fully saturated rings. The van der Waals surface area contributed by atoms with Crippen LogP contribution < -0.4 is 11.1 Å². The van der Waals surface area contributed by atoms with Crippen LogP contribution in [0.4, 0.5) is 0 Å². The van der Waals surface area contributed by atoms with Crippen LogP contribution in [0.15, 0.2) is 0 Å². The predicted molar refractivity (Wildman–Crippen MR) is 40.8 cm³/mol. The van der Waals surface area contributed by atoms with Crippen molar-refractivity contribution < 1.29 is 9.90 Å². The summed E-state index contributed by atoms with van der Waals surface area (Å²) in [5, 5.41) is 11.6. The highest BCUT2D eigenvalue weighted by molar-refractivity contribution is 5.79. The summed E-state index contributed by atoms with van der Waals surface area (Å²) in [5.74, 6) is 0.219. The molecule has 0 heterocycles. The molecule has 0 aromatic rings. The maximum absolute atomic E-state index is 10.6. The molecular formula is C7H14N2O2. The number of carbonyl (C=O) groups is 1. The van der Waals surface area contributed by atoms with E-state index in [4.69, 9.17) is 10.8 Å². The van der Waals surface area contributed by atoms with Crippen LogP contribution in [0.2, 0.25) is 0 Å². The summed E-state index contributed by atoms with van der Waals surface area (Å²) in [7, 11) is 0. The molecule has 64 valence electrons. The molecule has 1 unspecified atom stereocenters. The number of hydrogen-bond acceptors (Lipinski definition) is 3. The molecule has 4 heteroatoms. The Morgan fingerprint density at radius 3 is 2.73 bits per heavy atom. The van der Waals surface area contributed by atoms with Crippen LogP contribution in [-0.4, -0.2) is 30.2 Å². The van der Waals surface area contributed by atoms with E-state index in [-0.39, 0.29) is 6.61 Å². The van der Waals surface area contributed by atoms with Crippen molar-refractivity contribution in [2.75, 3.05) is 13.2 Å². The third-order valence-corrected chi connectivity index (χ3v) is 1.88. The zero-order valence-corrected chi connectivity index (χ0v) is 6.42. The average molecular weight is 158 g/mol. The number of primary amides is 1. The number of nitrogens with two attached hydrogens (primary N) is 1. The molecule has 1 rings (SSSR count). The lowest BCUT2D eigenvalue weighted by Gasteiger charge is -2.11. The van der Waals surface area contributed by atoms with Crippen LogP contribution in [-0.2, 0) is 4.79 Å². The van der Waals surface area contributed by atoms with Crippen molar-refractivity contribution in [2.24, 2.45) is 11.7 Å². The van der Waals surface area contributed by atoms with Crippen LogP contribution in [0, 0.1) is 5.92 Å². The normalized spacial score (nSPS) is 19.7. The predicted octanol–water partition coefficient (Wildman–Crippen LogP) is -1.17. The monoisotopic (exact) mass is 158 g/mol. The molecule has 0 bridgehead atoms. The van der Waals surface area contributed by atoms with Crippen molar-refractivity contribution >= 4 is 5.91 Å². The number of rotatable bonds is 5. The molecule has 0 aromatic carbocycles. The van der Waals surface area contributed by atoms with Gasteiger partial charge < -0.3 is 16.2 Å². The minimum Gasteiger partial charge on any atom is -0.394 e. The average Bonchev–Trinajstić information content (AvgIpc) is 2.72. The molecule has 1 aliphatic rings. The van der Waals surface area contributed by atoms with Gasteiger partial charge in [-0.3, -0.25) is 4.79 Å². The third kappa shape index (κ3) is 2.86. The lowest BCUT2D eigenvalue weighted by Crippen LogP contribution is -2.44. The van der Waals surface area contributed by atoms with Crippen LogP contribution in [0.3, 0.4) is 0 Å². The quantitative estimate of drug-likeness (QED) is 0.472. The van der Waals surface area contributed by atoms with E-state index < -0.39 is 11.9 Å². The minimum atomic E-state index is -0.560. The number of aliphatic hydroxyl groups is 1. The first kappa shape index (κ1) is 8.49. The van der Waals surface area contributed by atoms with Crippen molar-refractivity contribution in [2.45, 2.75) is 18.9 Å². The van der Waals surface area contributed by atoms with E-state index in [1.807, 2.05) is 0 Å². The standard InChI is InChI=1S/C7H14N2O2/c8-7(11)6(4-10)9-3-5-1-2-5/h5-6,9-10H,1-4H2,(H2,8,11). The number of amides is 1. The molecule has 1 amide bonds. The molecule has 0 saturated heterocycles. The lowest BCUT2D eigenvalue weighted by atomic mass is 10.3. The zero-order chi connectivity index (χ0) is 8.27. The zero-order valence-electron chi connectivity index (χ0n) is 6.42. The lowest BCUT2D eigenvalue weighted by molar-refractivity contribution is -0.120. The highest BCUT2D eigenvalue weighted by Gasteiger charge is 2.23. The molecule has 0 aliphatic heterocycles. The van der Waals surface area contributed by atoms with Crippen molar-refractivity contribution in [1.29, 1.82) is 0 Å². The van der Waals surface area contributed by atoms with E-state index in [9.17, 15) is 4.79 Å². The highest BCUT2D eigenvalue weighted by Crippen LogP contribution is 2.27. The smallest absolute Gasteiger partial charge is 0.236 e. The minimum absolute atomic E-state index is 0.206. The fraction of sp³-hybridized carbons (Fsp3) is 0.857. The SMILES string of the molecule is NC(=O)C(CO)NCC1CC1. The molecule has 0 spiro atoms. The highest BCUT2D eigenvalue weighted by atomic mass is 16.3. The fourth-order valence-electron chi connectivity index (χ4n) is 0.886. The van der Waals surface area contributed by atoms with Gasteiger partial charge in [-0.25, -0.2) is 0 Å². The maximum Gasteiger partial charge on any atom is 0.236 e. The number of hydrogen-bond donors (Lipinski definition) is 3. The first-order valence-electron chi connectivity index (χ1n) is 3.87. The van der Waals surface area contributed by atoms with Gasteiger partial charge in [-0.05, 0) is 25.3 Å². The molecule has 0 aromatic heterocycles. The largest absolute Gasteiger partial charge is 0.394 e. The van der Waals surface area contributed by atoms with E-state index >= 15 is 0 Å². The Kier molecular flexibility index (Phi) is 2.84. The van der Waals surface area contributed by atoms with Gasteiger partial charge in [-0.1, -0.05) is 0 Å². The molecule has 4 nitrogen and oxygen atoms in total. The Bertz CT molecular complexity index is 145. The molecule has 1 saturated carbocycles.